The fourth-order valence-corrected chi connectivity index (χ4v) is 4.95. The third-order valence-electron chi connectivity index (χ3n) is 5.40. The van der Waals surface area contributed by atoms with Gasteiger partial charge < -0.3 is 9.80 Å². The Morgan fingerprint density at radius 1 is 0.929 bits per heavy atom. The summed E-state index contributed by atoms with van der Waals surface area (Å²) in [6.07, 6.45) is 3.68. The first-order chi connectivity index (χ1) is 13.8. The average Bonchev–Trinajstić information content (AvgIpc) is 3.18. The molecule has 140 valence electrons. The molecule has 5 heteroatoms. The predicted octanol–water partition coefficient (Wildman–Crippen LogP) is 4.85. The van der Waals surface area contributed by atoms with Gasteiger partial charge in [-0.05, 0) is 48.0 Å². The Hall–Kier alpha value is -2.76. The summed E-state index contributed by atoms with van der Waals surface area (Å²) in [4.78, 5) is 14.0. The second kappa shape index (κ2) is 7.34. The summed E-state index contributed by atoms with van der Waals surface area (Å²) < 4.78 is 1.23. The molecular weight excluding hydrogens is 364 g/mol. The minimum absolute atomic E-state index is 0.334. The molecule has 1 atom stereocenters. The lowest BCUT2D eigenvalue weighted by Gasteiger charge is -2.40. The molecule has 1 fully saturated rings. The smallest absolute Gasteiger partial charge is 0.187 e. The highest BCUT2D eigenvalue weighted by Gasteiger charge is 2.28. The second-order valence-electron chi connectivity index (χ2n) is 7.30. The van der Waals surface area contributed by atoms with Crippen LogP contribution in [0.1, 0.15) is 11.6 Å². The van der Waals surface area contributed by atoms with E-state index in [1.54, 1.807) is 11.3 Å². The maximum absolute atomic E-state index is 4.99. The van der Waals surface area contributed by atoms with Gasteiger partial charge in [-0.3, -0.25) is 4.98 Å². The molecule has 2 aromatic carbocycles. The first-order valence-electron chi connectivity index (χ1n) is 9.59. The van der Waals surface area contributed by atoms with E-state index in [0.29, 0.717) is 6.04 Å². The Balaban J connectivity index is 1.52. The summed E-state index contributed by atoms with van der Waals surface area (Å²) in [5.41, 5.74) is 4.83. The van der Waals surface area contributed by atoms with Gasteiger partial charge in [-0.15, -0.1) is 0 Å². The van der Waals surface area contributed by atoms with Crippen molar-refractivity contribution < 1.29 is 0 Å². The van der Waals surface area contributed by atoms with Crippen LogP contribution in [-0.4, -0.2) is 41.5 Å². The normalized spacial score (nSPS) is 17.9. The van der Waals surface area contributed by atoms with E-state index in [2.05, 4.69) is 82.5 Å². The summed E-state index contributed by atoms with van der Waals surface area (Å²) in [5, 5.41) is 1.11. The van der Waals surface area contributed by atoms with Gasteiger partial charge in [0.2, 0.25) is 0 Å². The Morgan fingerprint density at radius 3 is 2.57 bits per heavy atom. The van der Waals surface area contributed by atoms with Crippen molar-refractivity contribution in [3.63, 3.8) is 0 Å². The van der Waals surface area contributed by atoms with Crippen molar-refractivity contribution in [2.75, 3.05) is 31.6 Å². The zero-order valence-electron chi connectivity index (χ0n) is 15.8. The molecule has 5 rings (SSSR count). The predicted molar refractivity (Wildman–Crippen MR) is 117 cm³/mol. The largest absolute Gasteiger partial charge is 0.338 e. The van der Waals surface area contributed by atoms with Gasteiger partial charge in [0.05, 0.1) is 16.3 Å². The molecule has 2 aromatic heterocycles. The van der Waals surface area contributed by atoms with Gasteiger partial charge in [-0.25, -0.2) is 4.98 Å². The summed E-state index contributed by atoms with van der Waals surface area (Å²) in [5.74, 6) is 0. The van der Waals surface area contributed by atoms with Crippen LogP contribution >= 0.6 is 11.3 Å². The minimum Gasteiger partial charge on any atom is -0.338 e. The molecule has 1 aliphatic heterocycles. The molecule has 1 saturated heterocycles. The summed E-state index contributed by atoms with van der Waals surface area (Å²) in [6, 6.07) is 21.8. The number of hydrogen-bond acceptors (Lipinski definition) is 5. The van der Waals surface area contributed by atoms with Gasteiger partial charge in [0.25, 0.3) is 0 Å². The SMILES string of the molecule is CN1CCN(c2nc3ccc(-c4ccncc4)cc3s2)C(c2ccccc2)C1. The molecule has 3 heterocycles. The van der Waals surface area contributed by atoms with Crippen molar-refractivity contribution in [1.29, 1.82) is 0 Å². The number of nitrogens with zero attached hydrogens (tertiary/aromatic N) is 4. The molecule has 1 aliphatic rings. The standard InChI is InChI=1S/C23H22N4S/c1-26-13-14-27(21(16-26)18-5-3-2-4-6-18)23-25-20-8-7-19(15-22(20)28-23)17-9-11-24-12-10-17/h2-12,15,21H,13-14,16H2,1H3. The monoisotopic (exact) mass is 386 g/mol. The third kappa shape index (κ3) is 3.28. The van der Waals surface area contributed by atoms with E-state index in [1.807, 2.05) is 12.4 Å². The number of anilines is 1. The zero-order chi connectivity index (χ0) is 18.9. The Labute approximate surface area is 169 Å². The fraction of sp³-hybridized carbons (Fsp3) is 0.217. The Bertz CT molecular complexity index is 1080. The molecule has 0 bridgehead atoms. The lowest BCUT2D eigenvalue weighted by molar-refractivity contribution is 0.269. The summed E-state index contributed by atoms with van der Waals surface area (Å²) in [6.45, 7) is 3.07. The Kier molecular flexibility index (Phi) is 4.55. The van der Waals surface area contributed by atoms with E-state index in [4.69, 9.17) is 4.98 Å². The van der Waals surface area contributed by atoms with Crippen LogP contribution in [0.4, 0.5) is 5.13 Å². The van der Waals surface area contributed by atoms with E-state index in [0.717, 1.165) is 30.3 Å². The van der Waals surface area contributed by atoms with E-state index in [9.17, 15) is 0 Å². The first kappa shape index (κ1) is 17.3. The van der Waals surface area contributed by atoms with Crippen molar-refractivity contribution in [2.24, 2.45) is 0 Å². The summed E-state index contributed by atoms with van der Waals surface area (Å²) in [7, 11) is 2.20. The number of piperazine rings is 1. The topological polar surface area (TPSA) is 32.3 Å². The molecule has 28 heavy (non-hydrogen) atoms. The second-order valence-corrected chi connectivity index (χ2v) is 8.31. The maximum atomic E-state index is 4.99. The van der Waals surface area contributed by atoms with E-state index >= 15 is 0 Å². The van der Waals surface area contributed by atoms with Crippen LogP contribution in [-0.2, 0) is 0 Å². The van der Waals surface area contributed by atoms with Gasteiger partial charge in [-0.1, -0.05) is 47.7 Å². The number of hydrogen-bond donors (Lipinski definition) is 0. The maximum Gasteiger partial charge on any atom is 0.187 e. The first-order valence-corrected chi connectivity index (χ1v) is 10.4. The molecule has 1 unspecified atom stereocenters. The molecule has 0 radical (unpaired) electrons. The highest BCUT2D eigenvalue weighted by atomic mass is 32.1. The van der Waals surface area contributed by atoms with Crippen molar-refractivity contribution in [3.8, 4) is 11.1 Å². The van der Waals surface area contributed by atoms with Crippen LogP contribution < -0.4 is 4.90 Å². The van der Waals surface area contributed by atoms with E-state index in [-0.39, 0.29) is 0 Å². The van der Waals surface area contributed by atoms with Gasteiger partial charge >= 0.3 is 0 Å². The Morgan fingerprint density at radius 2 is 1.75 bits per heavy atom. The van der Waals surface area contributed by atoms with Gasteiger partial charge in [0.1, 0.15) is 0 Å². The number of fused-ring (bicyclic) bond motifs is 1. The number of rotatable bonds is 3. The van der Waals surface area contributed by atoms with Crippen molar-refractivity contribution in [3.05, 3.63) is 78.6 Å². The number of benzene rings is 2. The molecule has 0 spiro atoms. The quantitative estimate of drug-likeness (QED) is 0.504. The van der Waals surface area contributed by atoms with Crippen molar-refractivity contribution >= 4 is 26.7 Å². The molecular formula is C23H22N4S. The minimum atomic E-state index is 0.334. The van der Waals surface area contributed by atoms with Crippen LogP contribution in [0.15, 0.2) is 73.1 Å². The van der Waals surface area contributed by atoms with E-state index < -0.39 is 0 Å². The van der Waals surface area contributed by atoms with Crippen molar-refractivity contribution in [1.82, 2.24) is 14.9 Å². The summed E-state index contributed by atoms with van der Waals surface area (Å²) >= 11 is 1.79. The molecule has 4 nitrogen and oxygen atoms in total. The van der Waals surface area contributed by atoms with Gasteiger partial charge in [0, 0.05) is 32.0 Å². The molecule has 0 amide bonds. The van der Waals surface area contributed by atoms with Crippen LogP contribution in [0.5, 0.6) is 0 Å². The molecule has 0 aliphatic carbocycles. The lowest BCUT2D eigenvalue weighted by Crippen LogP contribution is -2.46. The lowest BCUT2D eigenvalue weighted by atomic mass is 10.0. The van der Waals surface area contributed by atoms with E-state index in [1.165, 1.54) is 21.4 Å². The average molecular weight is 387 g/mol. The van der Waals surface area contributed by atoms with Gasteiger partial charge in [-0.2, -0.15) is 0 Å². The highest BCUT2D eigenvalue weighted by molar-refractivity contribution is 7.22. The van der Waals surface area contributed by atoms with Crippen LogP contribution in [0.2, 0.25) is 0 Å². The highest BCUT2D eigenvalue weighted by Crippen LogP contribution is 2.37. The number of thiazole rings is 1. The number of likely N-dealkylation sites (N-methyl/N-ethyl adjacent to an activating group) is 1. The molecule has 0 saturated carbocycles. The third-order valence-corrected chi connectivity index (χ3v) is 6.46. The fourth-order valence-electron chi connectivity index (χ4n) is 3.87. The van der Waals surface area contributed by atoms with Crippen LogP contribution in [0.3, 0.4) is 0 Å². The van der Waals surface area contributed by atoms with Crippen LogP contribution in [0.25, 0.3) is 21.3 Å². The molecule has 4 aromatic rings. The number of pyridine rings is 1. The molecule has 0 N–H and O–H groups in total. The zero-order valence-corrected chi connectivity index (χ0v) is 16.6. The van der Waals surface area contributed by atoms with Crippen LogP contribution in [0, 0.1) is 0 Å². The van der Waals surface area contributed by atoms with Crippen molar-refractivity contribution in [2.45, 2.75) is 6.04 Å². The van der Waals surface area contributed by atoms with Gasteiger partial charge in [0.15, 0.2) is 5.13 Å². The number of aromatic nitrogens is 2.